The number of hydrogen-bond acceptors (Lipinski definition) is 6. The largest absolute Gasteiger partial charge is 0.466 e. The summed E-state index contributed by atoms with van der Waals surface area (Å²) in [5, 5.41) is 0.879. The molecule has 2 bridgehead atoms. The molecule has 0 aromatic heterocycles. The predicted octanol–water partition coefficient (Wildman–Crippen LogP) is 4.57. The summed E-state index contributed by atoms with van der Waals surface area (Å²) < 4.78 is 4.95. The molecule has 2 heterocycles. The minimum absolute atomic E-state index is 0.0965. The van der Waals surface area contributed by atoms with E-state index in [0.29, 0.717) is 0 Å². The lowest BCUT2D eigenvalue weighted by atomic mass is 9.52. The van der Waals surface area contributed by atoms with E-state index < -0.39 is 65.1 Å². The van der Waals surface area contributed by atoms with Gasteiger partial charge in [0.25, 0.3) is 0 Å². The van der Waals surface area contributed by atoms with E-state index in [1.54, 1.807) is 0 Å². The van der Waals surface area contributed by atoms with Crippen LogP contribution in [0.25, 0.3) is 0 Å². The second-order valence-electron chi connectivity index (χ2n) is 9.60. The van der Waals surface area contributed by atoms with Gasteiger partial charge < -0.3 is 4.74 Å². The maximum atomic E-state index is 13.8. The fourth-order valence-corrected chi connectivity index (χ4v) is 7.55. The van der Waals surface area contributed by atoms with Crippen LogP contribution in [0.1, 0.15) is 0 Å². The maximum absolute atomic E-state index is 13.8. The third-order valence-corrected chi connectivity index (χ3v) is 8.64. The molecule has 3 fully saturated rings. The molecule has 5 aliphatic rings. The number of nitrogens with zero attached hydrogens (tertiary/aromatic N) is 2. The van der Waals surface area contributed by atoms with Crippen LogP contribution in [-0.2, 0) is 28.7 Å². The molecular formula is C26H16Cl4N2O6. The van der Waals surface area contributed by atoms with Gasteiger partial charge in [0.05, 0.1) is 42.2 Å². The summed E-state index contributed by atoms with van der Waals surface area (Å²) in [7, 11) is 1.18. The molecule has 1 saturated carbocycles. The number of halogens is 4. The quantitative estimate of drug-likeness (QED) is 0.382. The van der Waals surface area contributed by atoms with Crippen LogP contribution in [0.15, 0.2) is 48.0 Å². The van der Waals surface area contributed by atoms with Crippen LogP contribution in [0.5, 0.6) is 0 Å². The molecule has 194 valence electrons. The van der Waals surface area contributed by atoms with Crippen molar-refractivity contribution in [1.82, 2.24) is 0 Å². The van der Waals surface area contributed by atoms with Gasteiger partial charge in [0, 0.05) is 37.5 Å². The highest BCUT2D eigenvalue weighted by atomic mass is 35.5. The highest BCUT2D eigenvalue weighted by molar-refractivity contribution is 6.37. The summed E-state index contributed by atoms with van der Waals surface area (Å²) in [4.78, 5) is 69.9. The fourth-order valence-electron chi connectivity index (χ4n) is 6.52. The van der Waals surface area contributed by atoms with Crippen LogP contribution in [0.2, 0.25) is 20.1 Å². The molecular weight excluding hydrogens is 578 g/mol. The number of imide groups is 2. The molecule has 4 atom stereocenters. The first-order valence-corrected chi connectivity index (χ1v) is 13.0. The lowest BCUT2D eigenvalue weighted by Gasteiger charge is -2.46. The Labute approximate surface area is 236 Å². The molecule has 3 aliphatic carbocycles. The molecule has 8 nitrogen and oxygen atoms in total. The molecule has 12 heteroatoms. The molecule has 2 saturated heterocycles. The molecule has 38 heavy (non-hydrogen) atoms. The second kappa shape index (κ2) is 8.81. The average Bonchev–Trinajstić information content (AvgIpc) is 3.28. The molecule has 7 rings (SSSR count). The van der Waals surface area contributed by atoms with Crippen molar-refractivity contribution < 1.29 is 28.7 Å². The van der Waals surface area contributed by atoms with Crippen LogP contribution in [0.4, 0.5) is 11.4 Å². The Morgan fingerprint density at radius 3 is 1.37 bits per heavy atom. The molecule has 0 radical (unpaired) electrons. The van der Waals surface area contributed by atoms with Gasteiger partial charge in [-0.1, -0.05) is 52.5 Å². The number of allylic oxidation sites excluding steroid dienone is 1. The number of ether oxygens (including phenoxy) is 1. The van der Waals surface area contributed by atoms with Crippen molar-refractivity contribution in [3.8, 4) is 0 Å². The first kappa shape index (κ1) is 25.4. The summed E-state index contributed by atoms with van der Waals surface area (Å²) in [6.07, 6.45) is 1.51. The Balaban J connectivity index is 1.48. The molecule has 2 aromatic rings. The van der Waals surface area contributed by atoms with Gasteiger partial charge in [-0.2, -0.15) is 0 Å². The number of methoxy groups -OCH3 is 1. The van der Waals surface area contributed by atoms with Gasteiger partial charge >= 0.3 is 5.97 Å². The lowest BCUT2D eigenvalue weighted by Crippen LogP contribution is -2.53. The van der Waals surface area contributed by atoms with E-state index in [1.165, 1.54) is 49.6 Å². The molecule has 4 amide bonds. The molecule has 0 N–H and O–H groups in total. The van der Waals surface area contributed by atoms with Gasteiger partial charge in [0.15, 0.2) is 0 Å². The zero-order valence-electron chi connectivity index (χ0n) is 19.4. The predicted molar refractivity (Wildman–Crippen MR) is 139 cm³/mol. The molecule has 0 spiro atoms. The third kappa shape index (κ3) is 3.47. The minimum atomic E-state index is -1.06. The van der Waals surface area contributed by atoms with E-state index in [2.05, 4.69) is 0 Å². The number of anilines is 2. The molecule has 2 aliphatic heterocycles. The van der Waals surface area contributed by atoms with Crippen molar-refractivity contribution >= 4 is 87.4 Å². The second-order valence-corrected chi connectivity index (χ2v) is 11.3. The SMILES string of the molecule is COC(=O)C1=CC2[C@H]3C(=O)N(c4cc(Cl)cc(Cl)c4)C(=O)[C@@H]3C1[C@H]1C(=O)N(c3cc(Cl)cc(Cl)c3)C(=O)[C@H]21. The number of carbonyl (C=O) groups is 5. The number of rotatable bonds is 3. The maximum Gasteiger partial charge on any atom is 0.333 e. The summed E-state index contributed by atoms with van der Waals surface area (Å²) in [5.41, 5.74) is 0.437. The lowest BCUT2D eigenvalue weighted by molar-refractivity contribution is -0.145. The van der Waals surface area contributed by atoms with Gasteiger partial charge in [-0.15, -0.1) is 0 Å². The van der Waals surface area contributed by atoms with Crippen LogP contribution in [0, 0.1) is 35.5 Å². The number of carbonyl (C=O) groups excluding carboxylic acids is 5. The van der Waals surface area contributed by atoms with Gasteiger partial charge in [0.1, 0.15) is 0 Å². The number of esters is 1. The third-order valence-electron chi connectivity index (χ3n) is 7.76. The van der Waals surface area contributed by atoms with E-state index in [-0.39, 0.29) is 37.0 Å². The monoisotopic (exact) mass is 592 g/mol. The Bertz CT molecular complexity index is 1390. The Morgan fingerprint density at radius 1 is 0.632 bits per heavy atom. The number of benzene rings is 2. The zero-order valence-corrected chi connectivity index (χ0v) is 22.4. The van der Waals surface area contributed by atoms with Crippen LogP contribution < -0.4 is 9.80 Å². The number of hydrogen-bond donors (Lipinski definition) is 0. The van der Waals surface area contributed by atoms with Crippen molar-refractivity contribution in [2.45, 2.75) is 0 Å². The first-order chi connectivity index (χ1) is 18.0. The highest BCUT2D eigenvalue weighted by Gasteiger charge is 2.71. The number of amides is 4. The first-order valence-electron chi connectivity index (χ1n) is 11.5. The van der Waals surface area contributed by atoms with Crippen molar-refractivity contribution in [2.24, 2.45) is 35.5 Å². The van der Waals surface area contributed by atoms with Gasteiger partial charge in [-0.25, -0.2) is 14.6 Å². The van der Waals surface area contributed by atoms with E-state index in [9.17, 15) is 24.0 Å². The smallest absolute Gasteiger partial charge is 0.333 e. The standard InChI is InChI=1S/C26H16Cl4N2O6/c1-38-26(37)16-8-15-18-20(24(35)31(22(18)33)13-4-9(27)2-10(28)5-13)17(16)21-19(15)23(34)32(25(21)36)14-6-11(29)3-12(30)7-14/h2-8,15,17-21H,1H3/t15?,17?,18-,19-,20-,21-/m1/s1. The van der Waals surface area contributed by atoms with Gasteiger partial charge in [0.2, 0.25) is 23.6 Å². The van der Waals surface area contributed by atoms with E-state index >= 15 is 0 Å². The minimum Gasteiger partial charge on any atom is -0.466 e. The summed E-state index contributed by atoms with van der Waals surface area (Å²) in [6, 6.07) is 8.64. The Hall–Kier alpha value is -2.91. The topological polar surface area (TPSA) is 101 Å². The fraction of sp³-hybridized carbons (Fsp3) is 0.269. The Morgan fingerprint density at radius 2 is 1.00 bits per heavy atom. The van der Waals surface area contributed by atoms with E-state index in [4.69, 9.17) is 51.1 Å². The van der Waals surface area contributed by atoms with Crippen LogP contribution in [0.3, 0.4) is 0 Å². The molecule has 2 aromatic carbocycles. The van der Waals surface area contributed by atoms with Crippen molar-refractivity contribution in [3.05, 3.63) is 68.1 Å². The van der Waals surface area contributed by atoms with Crippen LogP contribution >= 0.6 is 46.4 Å². The zero-order chi connectivity index (χ0) is 27.2. The van der Waals surface area contributed by atoms with Crippen LogP contribution in [-0.4, -0.2) is 36.7 Å². The van der Waals surface area contributed by atoms with Crippen molar-refractivity contribution in [3.63, 3.8) is 0 Å². The molecule has 0 unspecified atom stereocenters. The normalized spacial score (nSPS) is 29.6. The van der Waals surface area contributed by atoms with Crippen molar-refractivity contribution in [2.75, 3.05) is 16.9 Å². The summed E-state index contributed by atoms with van der Waals surface area (Å²) >= 11 is 24.5. The van der Waals surface area contributed by atoms with Crippen molar-refractivity contribution in [1.29, 1.82) is 0 Å². The highest BCUT2D eigenvalue weighted by Crippen LogP contribution is 2.61. The summed E-state index contributed by atoms with van der Waals surface area (Å²) in [5.74, 6) is -9.10. The average molecular weight is 594 g/mol. The summed E-state index contributed by atoms with van der Waals surface area (Å²) in [6.45, 7) is 0. The van der Waals surface area contributed by atoms with Gasteiger partial charge in [-0.3, -0.25) is 19.2 Å². The Kier molecular flexibility index (Phi) is 5.88. The van der Waals surface area contributed by atoms with E-state index in [0.717, 1.165) is 9.80 Å². The van der Waals surface area contributed by atoms with Gasteiger partial charge in [-0.05, 0) is 36.4 Å². The van der Waals surface area contributed by atoms with E-state index in [1.807, 2.05) is 0 Å².